The summed E-state index contributed by atoms with van der Waals surface area (Å²) < 4.78 is 80.7. The van der Waals surface area contributed by atoms with Gasteiger partial charge < -0.3 is 20.4 Å². The van der Waals surface area contributed by atoms with E-state index in [1.807, 2.05) is 0 Å². The largest absolute Gasteiger partial charge is 0.478 e. The van der Waals surface area contributed by atoms with Crippen LogP contribution in [0.4, 0.5) is 26.3 Å². The van der Waals surface area contributed by atoms with E-state index in [0.29, 0.717) is 18.2 Å². The second-order valence-corrected chi connectivity index (χ2v) is 6.37. The first-order valence-corrected chi connectivity index (χ1v) is 8.39. The second kappa shape index (κ2) is 8.44. The number of hydrogen-bond donors (Lipinski definition) is 4. The molecular formula is C19H10F6O8. The highest BCUT2D eigenvalue weighted by atomic mass is 19.4. The Kier molecular flexibility index (Phi) is 6.44. The monoisotopic (exact) mass is 480 g/mol. The molecule has 1 aliphatic rings. The van der Waals surface area contributed by atoms with Crippen LogP contribution in [-0.4, -0.2) is 56.7 Å². The van der Waals surface area contributed by atoms with Gasteiger partial charge in [0.15, 0.2) is 0 Å². The third-order valence-corrected chi connectivity index (χ3v) is 4.42. The smallest absolute Gasteiger partial charge is 0.421 e. The van der Waals surface area contributed by atoms with Crippen molar-refractivity contribution < 1.29 is 65.9 Å². The number of alkyl halides is 6. The van der Waals surface area contributed by atoms with E-state index in [1.165, 1.54) is 0 Å². The summed E-state index contributed by atoms with van der Waals surface area (Å²) in [5, 5.41) is 37.4. The Balaban J connectivity index is 3.26. The Morgan fingerprint density at radius 2 is 1.30 bits per heavy atom. The normalized spacial score (nSPS) is 14.6. The zero-order chi connectivity index (χ0) is 25.5. The molecular weight excluding hydrogens is 470 g/mol. The number of rotatable bonds is 5. The van der Waals surface area contributed by atoms with Gasteiger partial charge in [-0.05, 0) is 23.6 Å². The first kappa shape index (κ1) is 25.2. The van der Waals surface area contributed by atoms with Crippen LogP contribution in [0.2, 0.25) is 0 Å². The minimum Gasteiger partial charge on any atom is -0.478 e. The van der Waals surface area contributed by atoms with Gasteiger partial charge >= 0.3 is 36.2 Å². The average Bonchev–Trinajstić information content (AvgIpc) is 2.64. The van der Waals surface area contributed by atoms with Crippen molar-refractivity contribution in [2.24, 2.45) is 0 Å². The summed E-state index contributed by atoms with van der Waals surface area (Å²) in [4.78, 5) is 46.4. The molecule has 1 aliphatic carbocycles. The number of carboxylic acid groups (broad SMARTS) is 4. The van der Waals surface area contributed by atoms with Crippen molar-refractivity contribution in [2.45, 2.75) is 18.8 Å². The molecule has 14 heteroatoms. The van der Waals surface area contributed by atoms with Crippen molar-refractivity contribution in [3.63, 3.8) is 0 Å². The van der Waals surface area contributed by atoms with Crippen molar-refractivity contribution in [1.82, 2.24) is 0 Å². The molecule has 0 amide bonds. The Bertz CT molecular complexity index is 1150. The van der Waals surface area contributed by atoms with Crippen molar-refractivity contribution >= 4 is 29.5 Å². The number of halogens is 6. The molecule has 0 spiro atoms. The maximum atomic E-state index is 13.4. The van der Waals surface area contributed by atoms with Gasteiger partial charge in [-0.15, -0.1) is 0 Å². The van der Waals surface area contributed by atoms with Crippen LogP contribution in [0.25, 0.3) is 5.57 Å². The minimum absolute atomic E-state index is 0.309. The van der Waals surface area contributed by atoms with Gasteiger partial charge in [0.2, 0.25) is 0 Å². The van der Waals surface area contributed by atoms with Gasteiger partial charge in [0.1, 0.15) is 5.57 Å². The third-order valence-electron chi connectivity index (χ3n) is 4.42. The zero-order valence-corrected chi connectivity index (χ0v) is 15.7. The molecule has 0 fully saturated rings. The highest BCUT2D eigenvalue weighted by molar-refractivity contribution is 6.16. The number of benzene rings is 1. The second-order valence-electron chi connectivity index (χ2n) is 6.37. The van der Waals surface area contributed by atoms with Crippen LogP contribution < -0.4 is 0 Å². The minimum atomic E-state index is -6.12. The Morgan fingerprint density at radius 1 is 0.758 bits per heavy atom. The van der Waals surface area contributed by atoms with E-state index in [4.69, 9.17) is 0 Å². The van der Waals surface area contributed by atoms with E-state index in [9.17, 15) is 65.9 Å². The molecule has 0 aromatic heterocycles. The summed E-state index contributed by atoms with van der Waals surface area (Å²) in [5.74, 6) is -8.37. The highest BCUT2D eigenvalue weighted by Crippen LogP contribution is 2.48. The predicted octanol–water partition coefficient (Wildman–Crippen LogP) is 3.76. The number of carboxylic acids is 4. The molecule has 0 unspecified atom stereocenters. The highest BCUT2D eigenvalue weighted by Gasteiger charge is 2.54. The summed E-state index contributed by atoms with van der Waals surface area (Å²) in [6.07, 6.45) is -13.3. The standard InChI is InChI=1S/C19H10F6O8/c20-18(21,22)13(19(23,24)25)7-4-5-9(15(28)29)12(17(32)33)10(7)6-2-1-3-8(14(26)27)11(6)16(30)31/h1-3,5H,4H2,(H,26,27)(H,28,29)(H,30,31)(H,32,33). The molecule has 1 aromatic carbocycles. The SMILES string of the molecule is O=C(O)C1=CCC(=C(C(F)(F)F)C(F)(F)F)C(c2cccc(C(=O)O)c2C(=O)O)=C1C(=O)O. The third kappa shape index (κ3) is 4.73. The van der Waals surface area contributed by atoms with Crippen molar-refractivity contribution in [1.29, 1.82) is 0 Å². The molecule has 33 heavy (non-hydrogen) atoms. The topological polar surface area (TPSA) is 149 Å². The first-order chi connectivity index (χ1) is 15.0. The van der Waals surface area contributed by atoms with Gasteiger partial charge in [0.05, 0.1) is 22.3 Å². The summed E-state index contributed by atoms with van der Waals surface area (Å²) in [6, 6.07) is 2.02. The lowest BCUT2D eigenvalue weighted by Gasteiger charge is -2.27. The van der Waals surface area contributed by atoms with Crippen LogP contribution in [0.5, 0.6) is 0 Å². The molecule has 0 heterocycles. The van der Waals surface area contributed by atoms with Crippen molar-refractivity contribution in [3.05, 3.63) is 63.3 Å². The van der Waals surface area contributed by atoms with Gasteiger partial charge in [-0.1, -0.05) is 18.2 Å². The quantitative estimate of drug-likeness (QED) is 0.466. The van der Waals surface area contributed by atoms with Gasteiger partial charge in [0.25, 0.3) is 0 Å². The molecule has 0 saturated heterocycles. The zero-order valence-electron chi connectivity index (χ0n) is 15.7. The number of hydrogen-bond acceptors (Lipinski definition) is 4. The maximum absolute atomic E-state index is 13.4. The lowest BCUT2D eigenvalue weighted by molar-refractivity contribution is -0.172. The lowest BCUT2D eigenvalue weighted by Crippen LogP contribution is -2.30. The Hall–Kier alpha value is -4.10. The number of carbonyl (C=O) groups is 4. The molecule has 2 rings (SSSR count). The lowest BCUT2D eigenvalue weighted by atomic mass is 9.78. The van der Waals surface area contributed by atoms with Crippen LogP contribution in [0.15, 0.2) is 46.6 Å². The summed E-state index contributed by atoms with van der Waals surface area (Å²) in [5.41, 5.74) is -12.8. The number of aromatic carboxylic acids is 2. The van der Waals surface area contributed by atoms with Crippen LogP contribution in [0.3, 0.4) is 0 Å². The number of aliphatic carboxylic acids is 2. The van der Waals surface area contributed by atoms with E-state index in [1.54, 1.807) is 0 Å². The van der Waals surface area contributed by atoms with Crippen LogP contribution in [0.1, 0.15) is 32.7 Å². The molecule has 0 saturated carbocycles. The fourth-order valence-corrected chi connectivity index (χ4v) is 3.31. The van der Waals surface area contributed by atoms with E-state index in [2.05, 4.69) is 0 Å². The molecule has 0 aliphatic heterocycles. The summed E-state index contributed by atoms with van der Waals surface area (Å²) in [6.45, 7) is 0. The molecule has 176 valence electrons. The average molecular weight is 480 g/mol. The fraction of sp³-hybridized carbons (Fsp3) is 0.158. The van der Waals surface area contributed by atoms with Gasteiger partial charge in [-0.2, -0.15) is 26.3 Å². The van der Waals surface area contributed by atoms with E-state index in [0.717, 1.165) is 6.07 Å². The Morgan fingerprint density at radius 3 is 1.70 bits per heavy atom. The molecule has 0 atom stereocenters. The van der Waals surface area contributed by atoms with Crippen LogP contribution >= 0.6 is 0 Å². The van der Waals surface area contributed by atoms with Gasteiger partial charge in [-0.25, -0.2) is 19.2 Å². The maximum Gasteiger partial charge on any atom is 0.421 e. The summed E-state index contributed by atoms with van der Waals surface area (Å²) >= 11 is 0. The van der Waals surface area contributed by atoms with E-state index >= 15 is 0 Å². The Labute approximate surface area is 178 Å². The molecule has 1 aromatic rings. The fourth-order valence-electron chi connectivity index (χ4n) is 3.31. The molecule has 0 radical (unpaired) electrons. The molecule has 4 N–H and O–H groups in total. The van der Waals surface area contributed by atoms with Crippen LogP contribution in [0, 0.1) is 0 Å². The van der Waals surface area contributed by atoms with E-state index in [-0.39, 0.29) is 0 Å². The van der Waals surface area contributed by atoms with Crippen molar-refractivity contribution in [3.8, 4) is 0 Å². The van der Waals surface area contributed by atoms with Gasteiger partial charge in [0, 0.05) is 5.57 Å². The van der Waals surface area contributed by atoms with Gasteiger partial charge in [-0.3, -0.25) is 0 Å². The predicted molar refractivity (Wildman–Crippen MR) is 94.4 cm³/mol. The van der Waals surface area contributed by atoms with Crippen molar-refractivity contribution in [2.75, 3.05) is 0 Å². The van der Waals surface area contributed by atoms with E-state index < -0.39 is 87.2 Å². The molecule has 0 bridgehead atoms. The molecule has 8 nitrogen and oxygen atoms in total. The van der Waals surface area contributed by atoms with Crippen LogP contribution in [-0.2, 0) is 9.59 Å². The first-order valence-electron chi connectivity index (χ1n) is 8.39. The number of allylic oxidation sites excluding steroid dienone is 4. The summed E-state index contributed by atoms with van der Waals surface area (Å²) in [7, 11) is 0.